The van der Waals surface area contributed by atoms with E-state index in [0.717, 1.165) is 23.0 Å². The number of rotatable bonds is 7. The van der Waals surface area contributed by atoms with E-state index >= 15 is 0 Å². The normalized spacial score (nSPS) is 11.3. The van der Waals surface area contributed by atoms with Gasteiger partial charge >= 0.3 is 0 Å². The van der Waals surface area contributed by atoms with Gasteiger partial charge in [0.1, 0.15) is 0 Å². The molecule has 0 aliphatic heterocycles. The fraction of sp³-hybridized carbons (Fsp3) is 0.667. The molecule has 1 heterocycles. The van der Waals surface area contributed by atoms with Gasteiger partial charge in [-0.3, -0.25) is 4.79 Å². The number of nitrogens with two attached hydrogens (primary N) is 1. The Balaban J connectivity index is 2.99. The molecule has 1 aromatic rings. The Morgan fingerprint density at radius 2 is 1.79 bits per heavy atom. The highest BCUT2D eigenvalue weighted by molar-refractivity contribution is 7.18. The molecule has 0 aromatic carbocycles. The summed E-state index contributed by atoms with van der Waals surface area (Å²) in [5.41, 5.74) is 6.61. The number of ketones is 1. The fourth-order valence-electron chi connectivity index (χ4n) is 2.06. The Hall–Kier alpha value is -1.03. The van der Waals surface area contributed by atoms with Gasteiger partial charge in [0, 0.05) is 19.5 Å². The van der Waals surface area contributed by atoms with Crippen molar-refractivity contribution in [2.75, 3.05) is 23.7 Å². The van der Waals surface area contributed by atoms with Crippen molar-refractivity contribution in [3.05, 3.63) is 10.9 Å². The van der Waals surface area contributed by atoms with Crippen molar-refractivity contribution in [3.8, 4) is 0 Å². The van der Waals surface area contributed by atoms with Crippen LogP contribution in [0, 0.1) is 11.8 Å². The first kappa shape index (κ1) is 16.0. The fourth-order valence-corrected chi connectivity index (χ4v) is 3.17. The zero-order chi connectivity index (χ0) is 14.6. The minimum absolute atomic E-state index is 0.141. The van der Waals surface area contributed by atoms with Gasteiger partial charge in [0.05, 0.1) is 15.6 Å². The van der Waals surface area contributed by atoms with E-state index in [2.05, 4.69) is 32.6 Å². The van der Waals surface area contributed by atoms with E-state index in [1.54, 1.807) is 0 Å². The van der Waals surface area contributed by atoms with E-state index in [4.69, 9.17) is 5.73 Å². The van der Waals surface area contributed by atoms with Crippen molar-refractivity contribution in [1.29, 1.82) is 0 Å². The summed E-state index contributed by atoms with van der Waals surface area (Å²) in [6, 6.07) is 1.96. The first-order valence-corrected chi connectivity index (χ1v) is 7.84. The average molecular weight is 282 g/mol. The van der Waals surface area contributed by atoms with Gasteiger partial charge in [-0.15, -0.1) is 11.3 Å². The maximum atomic E-state index is 11.8. The average Bonchev–Trinajstić information content (AvgIpc) is 2.68. The number of Topliss-reactive ketones (excluding diaryl/α,β-unsaturated/α-hetero) is 1. The van der Waals surface area contributed by atoms with Crippen LogP contribution in [0.15, 0.2) is 6.07 Å². The van der Waals surface area contributed by atoms with Crippen LogP contribution in [0.2, 0.25) is 0 Å². The lowest BCUT2D eigenvalue weighted by atomic mass is 10.1. The second-order valence-corrected chi connectivity index (χ2v) is 6.87. The smallest absolute Gasteiger partial charge is 0.174 e. The molecule has 0 spiro atoms. The van der Waals surface area contributed by atoms with Crippen molar-refractivity contribution in [1.82, 2.24) is 0 Å². The van der Waals surface area contributed by atoms with Crippen LogP contribution in [0.3, 0.4) is 0 Å². The third-order valence-electron chi connectivity index (χ3n) is 2.80. The summed E-state index contributed by atoms with van der Waals surface area (Å²) in [4.78, 5) is 14.9. The van der Waals surface area contributed by atoms with Gasteiger partial charge in [-0.1, -0.05) is 34.6 Å². The van der Waals surface area contributed by atoms with E-state index in [1.807, 2.05) is 13.0 Å². The first-order chi connectivity index (χ1) is 8.85. The van der Waals surface area contributed by atoms with Crippen LogP contribution in [-0.2, 0) is 0 Å². The molecule has 0 fully saturated rings. The Labute approximate surface area is 120 Å². The molecule has 0 amide bonds. The zero-order valence-electron chi connectivity index (χ0n) is 12.7. The standard InChI is InChI=1S/C15H26N2OS/c1-6-13(18)15-12(16)7-14(19-15)17(8-10(2)3)9-11(4)5/h7,10-11H,6,8-9,16H2,1-5H3. The van der Waals surface area contributed by atoms with Crippen molar-refractivity contribution in [3.63, 3.8) is 0 Å². The Kier molecular flexibility index (Phi) is 5.85. The summed E-state index contributed by atoms with van der Waals surface area (Å²) >= 11 is 1.54. The quantitative estimate of drug-likeness (QED) is 0.768. The number of carbonyl (C=O) groups is 1. The molecule has 0 bridgehead atoms. The topological polar surface area (TPSA) is 46.3 Å². The summed E-state index contributed by atoms with van der Waals surface area (Å²) in [6.45, 7) is 12.7. The molecular formula is C15H26N2OS. The van der Waals surface area contributed by atoms with Crippen LogP contribution in [0.5, 0.6) is 0 Å². The molecule has 0 aliphatic rings. The SMILES string of the molecule is CCC(=O)c1sc(N(CC(C)C)CC(C)C)cc1N. The molecule has 0 aliphatic carbocycles. The lowest BCUT2D eigenvalue weighted by Crippen LogP contribution is -2.30. The van der Waals surface area contributed by atoms with Crippen molar-refractivity contribution >= 4 is 27.8 Å². The molecule has 0 unspecified atom stereocenters. The lowest BCUT2D eigenvalue weighted by molar-refractivity contribution is 0.0993. The minimum atomic E-state index is 0.141. The van der Waals surface area contributed by atoms with Gasteiger partial charge in [-0.05, 0) is 17.9 Å². The van der Waals surface area contributed by atoms with Crippen molar-refractivity contribution < 1.29 is 4.79 Å². The van der Waals surface area contributed by atoms with E-state index < -0.39 is 0 Å². The molecule has 19 heavy (non-hydrogen) atoms. The summed E-state index contributed by atoms with van der Waals surface area (Å²) in [7, 11) is 0. The molecule has 2 N–H and O–H groups in total. The van der Waals surface area contributed by atoms with Crippen LogP contribution in [-0.4, -0.2) is 18.9 Å². The first-order valence-electron chi connectivity index (χ1n) is 7.02. The third kappa shape index (κ3) is 4.53. The zero-order valence-corrected chi connectivity index (χ0v) is 13.5. The van der Waals surface area contributed by atoms with E-state index in [1.165, 1.54) is 11.3 Å². The second kappa shape index (κ2) is 6.94. The molecule has 1 rings (SSSR count). The van der Waals surface area contributed by atoms with Gasteiger partial charge in [0.25, 0.3) is 0 Å². The van der Waals surface area contributed by atoms with Gasteiger partial charge < -0.3 is 10.6 Å². The van der Waals surface area contributed by atoms with Gasteiger partial charge in [-0.25, -0.2) is 0 Å². The highest BCUT2D eigenvalue weighted by Gasteiger charge is 2.18. The summed E-state index contributed by atoms with van der Waals surface area (Å²) in [6.07, 6.45) is 0.512. The Morgan fingerprint density at radius 3 is 2.21 bits per heavy atom. The van der Waals surface area contributed by atoms with E-state index in [9.17, 15) is 4.79 Å². The summed E-state index contributed by atoms with van der Waals surface area (Å²) in [5, 5.41) is 1.12. The number of hydrogen-bond donors (Lipinski definition) is 1. The van der Waals surface area contributed by atoms with Gasteiger partial charge in [0.2, 0.25) is 0 Å². The van der Waals surface area contributed by atoms with Gasteiger partial charge in [-0.2, -0.15) is 0 Å². The number of carbonyl (C=O) groups excluding carboxylic acids is 1. The van der Waals surface area contributed by atoms with Crippen LogP contribution in [0.4, 0.5) is 10.7 Å². The van der Waals surface area contributed by atoms with Crippen LogP contribution in [0.25, 0.3) is 0 Å². The lowest BCUT2D eigenvalue weighted by Gasteiger charge is -2.26. The number of hydrogen-bond acceptors (Lipinski definition) is 4. The summed E-state index contributed by atoms with van der Waals surface area (Å²) in [5.74, 6) is 1.32. The maximum absolute atomic E-state index is 11.8. The molecule has 108 valence electrons. The maximum Gasteiger partial charge on any atom is 0.174 e. The molecule has 0 atom stereocenters. The Bertz CT molecular complexity index is 414. The number of anilines is 2. The largest absolute Gasteiger partial charge is 0.397 e. The molecule has 0 radical (unpaired) electrons. The van der Waals surface area contributed by atoms with Gasteiger partial charge in [0.15, 0.2) is 5.78 Å². The molecule has 3 nitrogen and oxygen atoms in total. The van der Waals surface area contributed by atoms with E-state index in [0.29, 0.717) is 23.9 Å². The molecule has 1 aromatic heterocycles. The number of nitrogens with zero attached hydrogens (tertiary/aromatic N) is 1. The predicted octanol–water partition coefficient (Wildman–Crippen LogP) is 4.04. The minimum Gasteiger partial charge on any atom is -0.397 e. The summed E-state index contributed by atoms with van der Waals surface area (Å²) < 4.78 is 0. The Morgan fingerprint density at radius 1 is 1.26 bits per heavy atom. The predicted molar refractivity (Wildman–Crippen MR) is 85.2 cm³/mol. The highest BCUT2D eigenvalue weighted by Crippen LogP contribution is 2.33. The third-order valence-corrected chi connectivity index (χ3v) is 4.06. The highest BCUT2D eigenvalue weighted by atomic mass is 32.1. The monoisotopic (exact) mass is 282 g/mol. The molecule has 4 heteroatoms. The molecule has 0 saturated carbocycles. The number of nitrogen functional groups attached to an aromatic ring is 1. The van der Waals surface area contributed by atoms with Crippen molar-refractivity contribution in [2.45, 2.75) is 41.0 Å². The molecular weight excluding hydrogens is 256 g/mol. The van der Waals surface area contributed by atoms with Crippen molar-refractivity contribution in [2.24, 2.45) is 11.8 Å². The van der Waals surface area contributed by atoms with E-state index in [-0.39, 0.29) is 5.78 Å². The molecule has 0 saturated heterocycles. The van der Waals surface area contributed by atoms with Crippen LogP contribution < -0.4 is 10.6 Å². The number of thiophene rings is 1. The van der Waals surface area contributed by atoms with Crippen LogP contribution >= 0.6 is 11.3 Å². The second-order valence-electron chi connectivity index (χ2n) is 5.84. The van der Waals surface area contributed by atoms with Crippen LogP contribution in [0.1, 0.15) is 50.7 Å².